The summed E-state index contributed by atoms with van der Waals surface area (Å²) in [4.78, 5) is 14.6. The highest BCUT2D eigenvalue weighted by Gasteiger charge is 2.32. The third-order valence-corrected chi connectivity index (χ3v) is 10.1. The lowest BCUT2D eigenvalue weighted by molar-refractivity contribution is -0.131. The van der Waals surface area contributed by atoms with E-state index in [0.717, 1.165) is 16.7 Å². The summed E-state index contributed by atoms with van der Waals surface area (Å²) in [5.74, 6) is -1.08. The lowest BCUT2D eigenvalue weighted by Gasteiger charge is -2.28. The molecule has 0 fully saturated rings. The van der Waals surface area contributed by atoms with Gasteiger partial charge in [0.15, 0.2) is 5.78 Å². The van der Waals surface area contributed by atoms with Crippen LogP contribution in [0.15, 0.2) is 144 Å². The molecule has 50 heavy (non-hydrogen) atoms. The van der Waals surface area contributed by atoms with Crippen molar-refractivity contribution in [2.24, 2.45) is 0 Å². The van der Waals surface area contributed by atoms with Crippen LogP contribution >= 0.6 is 0 Å². The number of carbonyl (C=O) groups is 1. The van der Waals surface area contributed by atoms with Gasteiger partial charge in [-0.3, -0.25) is 4.79 Å². The van der Waals surface area contributed by atoms with Gasteiger partial charge in [0.2, 0.25) is 10.0 Å². The molecule has 0 heterocycles. The van der Waals surface area contributed by atoms with E-state index in [-0.39, 0.29) is 56.2 Å². The average molecular weight is 695 g/mol. The van der Waals surface area contributed by atoms with Crippen LogP contribution in [0.5, 0.6) is 0 Å². The van der Waals surface area contributed by atoms with E-state index in [4.69, 9.17) is 4.74 Å². The van der Waals surface area contributed by atoms with E-state index in [1.165, 1.54) is 18.2 Å². The van der Waals surface area contributed by atoms with Crippen LogP contribution in [-0.2, 0) is 39.0 Å². The Balaban J connectivity index is 1.42. The predicted molar refractivity (Wildman–Crippen MR) is 194 cm³/mol. The summed E-state index contributed by atoms with van der Waals surface area (Å²) >= 11 is 0. The summed E-state index contributed by atoms with van der Waals surface area (Å²) in [5.41, 5.74) is 3.65. The SMILES string of the molecule is O=C(Cc1cccc(F)c1CC[C@@H](CNCCO)NS(=O)(=O)c1ccccc1)C(OCc1ccccc1)C(c1ccccc1)c1ccccc1. The van der Waals surface area contributed by atoms with E-state index in [9.17, 15) is 18.3 Å². The zero-order valence-corrected chi connectivity index (χ0v) is 28.6. The Bertz CT molecular complexity index is 1840. The number of carbonyl (C=O) groups excluding carboxylic acids is 1. The average Bonchev–Trinajstić information content (AvgIpc) is 3.14. The first-order chi connectivity index (χ1) is 24.4. The van der Waals surface area contributed by atoms with E-state index in [1.54, 1.807) is 30.3 Å². The molecule has 0 radical (unpaired) electrons. The summed E-state index contributed by atoms with van der Waals surface area (Å²) < 4.78 is 51.2. The standard InChI is InChI=1S/C41H43FN2O5S/c42-38-23-13-20-34(37(38)25-24-35(29-43-26-27-45)44-50(47,48)36-21-11-4-12-22-36)28-39(46)41(49-30-31-14-5-1-6-15-31)40(32-16-7-2-8-17-32)33-18-9-3-10-19-33/h1-23,35,40-41,43-45H,24-30H2/t35-,41?/m0/s1. The van der Waals surface area contributed by atoms with Crippen LogP contribution in [0.4, 0.5) is 4.39 Å². The number of ether oxygens (including phenoxy) is 1. The number of hydrogen-bond donors (Lipinski definition) is 3. The number of aliphatic hydroxyl groups excluding tert-OH is 1. The molecule has 5 aromatic rings. The topological polar surface area (TPSA) is 105 Å². The first kappa shape index (κ1) is 36.8. The Morgan fingerprint density at radius 3 is 1.94 bits per heavy atom. The predicted octanol–water partition coefficient (Wildman–Crippen LogP) is 6.22. The highest BCUT2D eigenvalue weighted by Crippen LogP contribution is 2.32. The molecule has 5 rings (SSSR count). The van der Waals surface area contributed by atoms with Gasteiger partial charge in [0, 0.05) is 31.5 Å². The molecule has 0 saturated heterocycles. The van der Waals surface area contributed by atoms with Gasteiger partial charge in [-0.1, -0.05) is 121 Å². The molecular weight excluding hydrogens is 652 g/mol. The molecule has 9 heteroatoms. The van der Waals surface area contributed by atoms with Crippen LogP contribution in [-0.4, -0.2) is 51.1 Å². The maximum absolute atomic E-state index is 15.6. The van der Waals surface area contributed by atoms with E-state index < -0.39 is 33.9 Å². The molecule has 5 aromatic carbocycles. The van der Waals surface area contributed by atoms with Gasteiger partial charge in [0.25, 0.3) is 0 Å². The number of aliphatic hydroxyl groups is 1. The molecular formula is C41H43FN2O5S. The summed E-state index contributed by atoms with van der Waals surface area (Å²) in [7, 11) is -3.86. The second-order valence-electron chi connectivity index (χ2n) is 12.1. The molecule has 0 aliphatic rings. The largest absolute Gasteiger partial charge is 0.395 e. The number of Topliss-reactive ketones (excluding diaryl/α,β-unsaturated/α-hetero) is 1. The molecule has 2 atom stereocenters. The van der Waals surface area contributed by atoms with E-state index in [2.05, 4.69) is 10.0 Å². The number of ketones is 1. The van der Waals surface area contributed by atoms with Crippen molar-refractivity contribution in [2.45, 2.75) is 48.8 Å². The van der Waals surface area contributed by atoms with Crippen molar-refractivity contribution < 1.29 is 27.4 Å². The Labute approximate surface area is 294 Å². The second-order valence-corrected chi connectivity index (χ2v) is 13.8. The van der Waals surface area contributed by atoms with Gasteiger partial charge in [-0.15, -0.1) is 0 Å². The minimum Gasteiger partial charge on any atom is -0.395 e. The summed E-state index contributed by atoms with van der Waals surface area (Å²) in [5, 5.41) is 12.3. The fourth-order valence-electron chi connectivity index (χ4n) is 6.10. The fraction of sp³-hybridized carbons (Fsp3) is 0.244. The second kappa shape index (κ2) is 18.5. The van der Waals surface area contributed by atoms with Crippen molar-refractivity contribution >= 4 is 15.8 Å². The quantitative estimate of drug-likeness (QED) is 0.0888. The molecule has 0 saturated carbocycles. The Morgan fingerprint density at radius 1 is 0.760 bits per heavy atom. The zero-order valence-electron chi connectivity index (χ0n) is 27.8. The number of halogens is 1. The van der Waals surface area contributed by atoms with Crippen LogP contribution in [0.25, 0.3) is 0 Å². The highest BCUT2D eigenvalue weighted by molar-refractivity contribution is 7.89. The lowest BCUT2D eigenvalue weighted by atomic mass is 9.83. The Morgan fingerprint density at radius 2 is 1.34 bits per heavy atom. The summed E-state index contributed by atoms with van der Waals surface area (Å²) in [6, 6.07) is 41.3. The van der Waals surface area contributed by atoms with Crippen molar-refractivity contribution in [2.75, 3.05) is 19.7 Å². The van der Waals surface area contributed by atoms with Gasteiger partial charge in [-0.05, 0) is 58.9 Å². The molecule has 260 valence electrons. The van der Waals surface area contributed by atoms with Gasteiger partial charge < -0.3 is 15.2 Å². The maximum atomic E-state index is 15.6. The van der Waals surface area contributed by atoms with E-state index >= 15 is 4.39 Å². The van der Waals surface area contributed by atoms with Crippen molar-refractivity contribution in [3.8, 4) is 0 Å². The van der Waals surface area contributed by atoms with Crippen molar-refractivity contribution in [3.05, 3.63) is 173 Å². The van der Waals surface area contributed by atoms with Crippen LogP contribution in [0.1, 0.15) is 40.2 Å². The summed E-state index contributed by atoms with van der Waals surface area (Å²) in [6.45, 7) is 0.601. The minimum atomic E-state index is -3.86. The molecule has 0 spiro atoms. The van der Waals surface area contributed by atoms with E-state index in [1.807, 2.05) is 91.0 Å². The van der Waals surface area contributed by atoms with Gasteiger partial charge in [0.05, 0.1) is 18.1 Å². The third kappa shape index (κ3) is 10.3. The summed E-state index contributed by atoms with van der Waals surface area (Å²) in [6.07, 6.45) is -0.540. The molecule has 0 aromatic heterocycles. The number of hydrogen-bond acceptors (Lipinski definition) is 6. The molecule has 0 amide bonds. The van der Waals surface area contributed by atoms with Crippen molar-refractivity contribution in [1.29, 1.82) is 0 Å². The van der Waals surface area contributed by atoms with Gasteiger partial charge >= 0.3 is 0 Å². The highest BCUT2D eigenvalue weighted by atomic mass is 32.2. The number of nitrogens with one attached hydrogen (secondary N) is 2. The third-order valence-electron chi connectivity index (χ3n) is 8.59. The van der Waals surface area contributed by atoms with Gasteiger partial charge in [0.1, 0.15) is 11.9 Å². The lowest BCUT2D eigenvalue weighted by Crippen LogP contribution is -2.43. The van der Waals surface area contributed by atoms with Gasteiger partial charge in [-0.25, -0.2) is 17.5 Å². The smallest absolute Gasteiger partial charge is 0.240 e. The molecule has 1 unspecified atom stereocenters. The molecule has 0 aliphatic carbocycles. The van der Waals surface area contributed by atoms with Crippen molar-refractivity contribution in [1.82, 2.24) is 10.0 Å². The number of sulfonamides is 1. The van der Waals surface area contributed by atoms with Crippen LogP contribution in [0.3, 0.4) is 0 Å². The van der Waals surface area contributed by atoms with Gasteiger partial charge in [-0.2, -0.15) is 0 Å². The fourth-order valence-corrected chi connectivity index (χ4v) is 7.39. The Kier molecular flexibility index (Phi) is 13.6. The first-order valence-electron chi connectivity index (χ1n) is 16.8. The molecule has 0 aliphatic heterocycles. The zero-order chi connectivity index (χ0) is 35.2. The molecule has 3 N–H and O–H groups in total. The first-order valence-corrected chi connectivity index (χ1v) is 18.3. The van der Waals surface area contributed by atoms with E-state index in [0.29, 0.717) is 11.1 Å². The van der Waals surface area contributed by atoms with Crippen LogP contribution in [0.2, 0.25) is 0 Å². The number of benzene rings is 5. The van der Waals surface area contributed by atoms with Crippen molar-refractivity contribution in [3.63, 3.8) is 0 Å². The Hall–Kier alpha value is -4.51. The monoisotopic (exact) mass is 694 g/mol. The molecule has 7 nitrogen and oxygen atoms in total. The van der Waals surface area contributed by atoms with Crippen LogP contribution < -0.4 is 10.0 Å². The van der Waals surface area contributed by atoms with Crippen LogP contribution in [0, 0.1) is 5.82 Å². The maximum Gasteiger partial charge on any atom is 0.240 e. The number of rotatable bonds is 19. The molecule has 0 bridgehead atoms. The normalized spacial score (nSPS) is 12.9. The minimum absolute atomic E-state index is 0.0775.